The van der Waals surface area contributed by atoms with Gasteiger partial charge in [0.25, 0.3) is 10.0 Å². The number of nitrogens with one attached hydrogen (secondary N) is 2. The van der Waals surface area contributed by atoms with Crippen molar-refractivity contribution in [3.05, 3.63) is 60.3 Å². The van der Waals surface area contributed by atoms with Crippen LogP contribution in [-0.4, -0.2) is 13.4 Å². The van der Waals surface area contributed by atoms with Crippen LogP contribution in [0.3, 0.4) is 0 Å². The van der Waals surface area contributed by atoms with Crippen LogP contribution in [-0.2, 0) is 16.4 Å². The minimum atomic E-state index is -3.57. The molecule has 0 fully saturated rings. The molecule has 0 atom stereocenters. The van der Waals surface area contributed by atoms with Crippen LogP contribution < -0.4 is 4.72 Å². The number of benzene rings is 2. The molecule has 5 heteroatoms. The fraction of sp³-hybridized carbons (Fsp3) is 0.222. The van der Waals surface area contributed by atoms with Gasteiger partial charge in [0.2, 0.25) is 0 Å². The van der Waals surface area contributed by atoms with E-state index < -0.39 is 10.0 Å². The molecule has 0 bridgehead atoms. The van der Waals surface area contributed by atoms with Gasteiger partial charge in [0, 0.05) is 22.8 Å². The van der Waals surface area contributed by atoms with E-state index in [-0.39, 0.29) is 4.90 Å². The van der Waals surface area contributed by atoms with E-state index in [2.05, 4.69) is 23.6 Å². The van der Waals surface area contributed by atoms with Crippen LogP contribution in [0.25, 0.3) is 10.9 Å². The first-order chi connectivity index (χ1) is 10.9. The fourth-order valence-corrected chi connectivity index (χ4v) is 3.66. The van der Waals surface area contributed by atoms with Crippen LogP contribution in [0.4, 0.5) is 5.69 Å². The Balaban J connectivity index is 1.83. The summed E-state index contributed by atoms with van der Waals surface area (Å²) in [5.41, 5.74) is 2.68. The van der Waals surface area contributed by atoms with Crippen molar-refractivity contribution in [2.24, 2.45) is 5.92 Å². The highest BCUT2D eigenvalue weighted by molar-refractivity contribution is 7.92. The number of rotatable bonds is 5. The van der Waals surface area contributed by atoms with Gasteiger partial charge in [0.05, 0.1) is 4.90 Å². The molecule has 1 heterocycles. The van der Waals surface area contributed by atoms with Crippen LogP contribution >= 0.6 is 0 Å². The zero-order valence-electron chi connectivity index (χ0n) is 13.2. The molecule has 0 aliphatic rings. The van der Waals surface area contributed by atoms with Gasteiger partial charge in [-0.25, -0.2) is 8.42 Å². The summed E-state index contributed by atoms with van der Waals surface area (Å²) in [7, 11) is -3.57. The number of anilines is 1. The van der Waals surface area contributed by atoms with E-state index >= 15 is 0 Å². The number of hydrogen-bond donors (Lipinski definition) is 2. The van der Waals surface area contributed by atoms with Crippen molar-refractivity contribution in [2.75, 3.05) is 4.72 Å². The Morgan fingerprint density at radius 2 is 1.78 bits per heavy atom. The third kappa shape index (κ3) is 3.56. The summed E-state index contributed by atoms with van der Waals surface area (Å²) in [6, 6.07) is 14.4. The van der Waals surface area contributed by atoms with Gasteiger partial charge < -0.3 is 4.98 Å². The second-order valence-corrected chi connectivity index (χ2v) is 7.81. The third-order valence-corrected chi connectivity index (χ3v) is 5.08. The average molecular weight is 328 g/mol. The van der Waals surface area contributed by atoms with Crippen LogP contribution in [0, 0.1) is 5.92 Å². The molecule has 0 aliphatic heterocycles. The van der Waals surface area contributed by atoms with E-state index in [0.29, 0.717) is 11.6 Å². The lowest BCUT2D eigenvalue weighted by Gasteiger charge is -2.10. The van der Waals surface area contributed by atoms with Crippen molar-refractivity contribution in [3.8, 4) is 0 Å². The van der Waals surface area contributed by atoms with Crippen LogP contribution in [0.2, 0.25) is 0 Å². The fourth-order valence-electron chi connectivity index (χ4n) is 2.61. The van der Waals surface area contributed by atoms with E-state index in [1.807, 2.05) is 36.5 Å². The maximum Gasteiger partial charge on any atom is 0.261 e. The SMILES string of the molecule is CC(C)Cc1ccc(S(=O)(=O)Nc2ccc3[nH]ccc3c2)cc1. The molecule has 0 spiro atoms. The molecule has 0 saturated carbocycles. The third-order valence-electron chi connectivity index (χ3n) is 3.68. The lowest BCUT2D eigenvalue weighted by molar-refractivity contribution is 0.601. The largest absolute Gasteiger partial charge is 0.361 e. The number of H-pyrrole nitrogens is 1. The molecule has 23 heavy (non-hydrogen) atoms. The zero-order chi connectivity index (χ0) is 16.4. The molecule has 120 valence electrons. The van der Waals surface area contributed by atoms with Gasteiger partial charge in [0.15, 0.2) is 0 Å². The highest BCUT2D eigenvalue weighted by Gasteiger charge is 2.14. The molecular weight excluding hydrogens is 308 g/mol. The maximum absolute atomic E-state index is 12.5. The topological polar surface area (TPSA) is 62.0 Å². The Labute approximate surface area is 136 Å². The second-order valence-electron chi connectivity index (χ2n) is 6.13. The molecule has 0 aliphatic carbocycles. The Kier molecular flexibility index (Phi) is 4.13. The number of aromatic nitrogens is 1. The molecule has 0 amide bonds. The van der Waals surface area contributed by atoms with Gasteiger partial charge in [0.1, 0.15) is 0 Å². The number of aromatic amines is 1. The van der Waals surface area contributed by atoms with Crippen molar-refractivity contribution in [3.63, 3.8) is 0 Å². The summed E-state index contributed by atoms with van der Waals surface area (Å²) in [6.07, 6.45) is 2.77. The smallest absolute Gasteiger partial charge is 0.261 e. The van der Waals surface area contributed by atoms with Gasteiger partial charge in [-0.2, -0.15) is 0 Å². The molecule has 0 unspecified atom stereocenters. The Morgan fingerprint density at radius 3 is 2.48 bits per heavy atom. The highest BCUT2D eigenvalue weighted by Crippen LogP contribution is 2.21. The highest BCUT2D eigenvalue weighted by atomic mass is 32.2. The van der Waals surface area contributed by atoms with Gasteiger partial charge in [-0.1, -0.05) is 26.0 Å². The second kappa shape index (κ2) is 6.08. The Hall–Kier alpha value is -2.27. The van der Waals surface area contributed by atoms with Crippen molar-refractivity contribution in [1.29, 1.82) is 0 Å². The first-order valence-electron chi connectivity index (χ1n) is 7.63. The van der Waals surface area contributed by atoms with Crippen molar-refractivity contribution in [2.45, 2.75) is 25.2 Å². The van der Waals surface area contributed by atoms with Gasteiger partial charge in [-0.3, -0.25) is 4.72 Å². The van der Waals surface area contributed by atoms with E-state index in [9.17, 15) is 8.42 Å². The molecule has 2 aromatic carbocycles. The van der Waals surface area contributed by atoms with Crippen molar-refractivity contribution in [1.82, 2.24) is 4.98 Å². The Morgan fingerprint density at radius 1 is 1.04 bits per heavy atom. The van der Waals surface area contributed by atoms with Crippen molar-refractivity contribution >= 4 is 26.6 Å². The van der Waals surface area contributed by atoms with E-state index in [0.717, 1.165) is 22.9 Å². The molecule has 0 saturated heterocycles. The molecule has 3 rings (SSSR count). The molecule has 1 aromatic heterocycles. The predicted octanol–water partition coefficient (Wildman–Crippen LogP) is 4.17. The Bertz CT molecular complexity index is 910. The first kappa shape index (κ1) is 15.6. The summed E-state index contributed by atoms with van der Waals surface area (Å²) >= 11 is 0. The monoisotopic (exact) mass is 328 g/mol. The maximum atomic E-state index is 12.5. The summed E-state index contributed by atoms with van der Waals surface area (Å²) in [6.45, 7) is 4.28. The lowest BCUT2D eigenvalue weighted by atomic mass is 10.0. The number of fused-ring (bicyclic) bond motifs is 1. The number of sulfonamides is 1. The zero-order valence-corrected chi connectivity index (χ0v) is 14.0. The summed E-state index contributed by atoms with van der Waals surface area (Å²) in [4.78, 5) is 3.36. The summed E-state index contributed by atoms with van der Waals surface area (Å²) in [5.74, 6) is 0.545. The normalized spacial score (nSPS) is 12.0. The van der Waals surface area contributed by atoms with Crippen LogP contribution in [0.15, 0.2) is 59.6 Å². The minimum absolute atomic E-state index is 0.277. The quantitative estimate of drug-likeness (QED) is 0.738. The van der Waals surface area contributed by atoms with Crippen LogP contribution in [0.5, 0.6) is 0 Å². The van der Waals surface area contributed by atoms with E-state index in [4.69, 9.17) is 0 Å². The summed E-state index contributed by atoms with van der Waals surface area (Å²) < 4.78 is 27.6. The predicted molar refractivity (Wildman–Crippen MR) is 94.1 cm³/mol. The van der Waals surface area contributed by atoms with Gasteiger partial charge >= 0.3 is 0 Å². The van der Waals surface area contributed by atoms with Crippen molar-refractivity contribution < 1.29 is 8.42 Å². The lowest BCUT2D eigenvalue weighted by Crippen LogP contribution is -2.13. The average Bonchev–Trinajstić information content (AvgIpc) is 2.94. The first-order valence-corrected chi connectivity index (χ1v) is 9.11. The standard InChI is InChI=1S/C18H20N2O2S/c1-13(2)11-14-3-6-17(7-4-14)23(21,22)20-16-5-8-18-15(12-16)9-10-19-18/h3-10,12-13,19-20H,11H2,1-2H3. The van der Waals surface area contributed by atoms with Gasteiger partial charge in [-0.05, 0) is 54.3 Å². The van der Waals surface area contributed by atoms with E-state index in [1.54, 1.807) is 18.2 Å². The molecule has 3 aromatic rings. The van der Waals surface area contributed by atoms with E-state index in [1.165, 1.54) is 0 Å². The van der Waals surface area contributed by atoms with Crippen LogP contribution in [0.1, 0.15) is 19.4 Å². The molecular formula is C18H20N2O2S. The molecule has 2 N–H and O–H groups in total. The summed E-state index contributed by atoms with van der Waals surface area (Å²) in [5, 5.41) is 0.970. The number of hydrogen-bond acceptors (Lipinski definition) is 2. The molecule has 4 nitrogen and oxygen atoms in total. The minimum Gasteiger partial charge on any atom is -0.361 e. The van der Waals surface area contributed by atoms with Gasteiger partial charge in [-0.15, -0.1) is 0 Å². The molecule has 0 radical (unpaired) electrons.